The second-order valence-corrected chi connectivity index (χ2v) is 11.7. The van der Waals surface area contributed by atoms with E-state index in [0.717, 1.165) is 36.4 Å². The zero-order chi connectivity index (χ0) is 28.9. The number of carbonyl (C=O) groups excluding carboxylic acids is 2. The highest BCUT2D eigenvalue weighted by atomic mass is 35.5. The number of aromatic nitrogens is 1. The molecule has 1 aliphatic carbocycles. The summed E-state index contributed by atoms with van der Waals surface area (Å²) in [6, 6.07) is 9.77. The lowest BCUT2D eigenvalue weighted by molar-refractivity contribution is -0.186. The van der Waals surface area contributed by atoms with Crippen LogP contribution in [0.1, 0.15) is 54.6 Å². The van der Waals surface area contributed by atoms with E-state index in [4.69, 9.17) is 26.3 Å². The summed E-state index contributed by atoms with van der Waals surface area (Å²) in [6.07, 6.45) is 4.29. The number of carboxylic acids is 1. The van der Waals surface area contributed by atoms with Crippen molar-refractivity contribution in [1.29, 1.82) is 0 Å². The molecule has 0 unspecified atom stereocenters. The van der Waals surface area contributed by atoms with Crippen molar-refractivity contribution in [3.05, 3.63) is 58.5 Å². The third-order valence-electron chi connectivity index (χ3n) is 7.63. The normalized spacial score (nSPS) is 21.3. The van der Waals surface area contributed by atoms with Gasteiger partial charge in [-0.15, -0.1) is 0 Å². The van der Waals surface area contributed by atoms with Crippen LogP contribution in [0.3, 0.4) is 0 Å². The number of Topliss-reactive ketones (excluding diaryl/α,β-unsaturated/α-hetero) is 1. The van der Waals surface area contributed by atoms with Crippen LogP contribution in [-0.2, 0) is 25.6 Å². The molecule has 3 aromatic rings. The van der Waals surface area contributed by atoms with Gasteiger partial charge < -0.3 is 15.2 Å². The van der Waals surface area contributed by atoms with Crippen molar-refractivity contribution >= 4 is 56.6 Å². The zero-order valence-electron chi connectivity index (χ0n) is 22.3. The van der Waals surface area contributed by atoms with Crippen LogP contribution in [0.25, 0.3) is 10.1 Å². The van der Waals surface area contributed by atoms with E-state index >= 15 is 0 Å². The number of amides is 1. The van der Waals surface area contributed by atoms with Crippen LogP contribution in [-0.4, -0.2) is 64.1 Å². The summed E-state index contributed by atoms with van der Waals surface area (Å²) < 4.78 is 26.0. The number of aliphatic carboxylic acids is 1. The SMILES string of the molecule is O=C(CON1CCC[C@H]1COC1CCC(C(=O)O)CC1)Cc1cc(Cl)c(NC(=O)c2nsc3ccccc23)cc1F. The molecule has 1 aliphatic heterocycles. The van der Waals surface area contributed by atoms with Gasteiger partial charge >= 0.3 is 5.97 Å². The van der Waals surface area contributed by atoms with Gasteiger partial charge in [0.05, 0.1) is 40.1 Å². The lowest BCUT2D eigenvalue weighted by Gasteiger charge is -2.29. The molecule has 9 nitrogen and oxygen atoms in total. The van der Waals surface area contributed by atoms with Crippen molar-refractivity contribution in [3.63, 3.8) is 0 Å². The number of ether oxygens (including phenoxy) is 1. The first-order chi connectivity index (χ1) is 19.8. The van der Waals surface area contributed by atoms with E-state index in [9.17, 15) is 18.8 Å². The molecule has 1 amide bonds. The molecule has 12 heteroatoms. The summed E-state index contributed by atoms with van der Waals surface area (Å²) in [5, 5.41) is 14.3. The van der Waals surface area contributed by atoms with Crippen LogP contribution >= 0.6 is 23.1 Å². The Labute approximate surface area is 245 Å². The largest absolute Gasteiger partial charge is 0.481 e. The molecule has 0 radical (unpaired) electrons. The van der Waals surface area contributed by atoms with Gasteiger partial charge in [-0.3, -0.25) is 19.2 Å². The summed E-state index contributed by atoms with van der Waals surface area (Å²) in [6.45, 7) is 0.896. The molecule has 1 saturated heterocycles. The number of hydroxylamine groups is 2. The molecule has 1 aromatic heterocycles. The lowest BCUT2D eigenvalue weighted by Crippen LogP contribution is -2.37. The standard InChI is InChI=1S/C29H31ClFN3O6S/c30-23-13-18(24(31)14-25(23)32-28(36)27-22-5-1-2-6-26(22)41-33-27)12-20(35)16-40-34-11-3-4-19(34)15-39-21-9-7-17(8-10-21)29(37)38/h1-2,5-6,13-14,17,19,21H,3-4,7-12,15-16H2,(H,32,36)(H,37,38)/t17?,19-,21?/m0/s1. The van der Waals surface area contributed by atoms with E-state index in [1.54, 1.807) is 11.1 Å². The minimum Gasteiger partial charge on any atom is -0.481 e. The molecule has 218 valence electrons. The van der Waals surface area contributed by atoms with Crippen molar-refractivity contribution in [2.45, 2.75) is 57.1 Å². The van der Waals surface area contributed by atoms with Gasteiger partial charge in [-0.05, 0) is 73.8 Å². The van der Waals surface area contributed by atoms with E-state index in [1.165, 1.54) is 17.6 Å². The quantitative estimate of drug-likeness (QED) is 0.295. The second kappa shape index (κ2) is 13.3. The molecule has 2 aliphatic rings. The lowest BCUT2D eigenvalue weighted by atomic mass is 9.87. The molecule has 2 N–H and O–H groups in total. The number of ketones is 1. The molecule has 1 saturated carbocycles. The first-order valence-corrected chi connectivity index (χ1v) is 14.8. The highest BCUT2D eigenvalue weighted by Crippen LogP contribution is 2.30. The number of anilines is 1. The minimum atomic E-state index is -0.742. The Bertz CT molecular complexity index is 1430. The smallest absolute Gasteiger partial charge is 0.306 e. The van der Waals surface area contributed by atoms with Crippen LogP contribution in [0, 0.1) is 11.7 Å². The fourth-order valence-corrected chi connectivity index (χ4v) is 6.35. The van der Waals surface area contributed by atoms with Crippen LogP contribution in [0.4, 0.5) is 10.1 Å². The first kappa shape index (κ1) is 29.5. The molecule has 2 aromatic carbocycles. The number of rotatable bonds is 11. The first-order valence-electron chi connectivity index (χ1n) is 13.7. The third kappa shape index (κ3) is 7.28. The fourth-order valence-electron chi connectivity index (χ4n) is 5.34. The van der Waals surface area contributed by atoms with E-state index in [2.05, 4.69) is 9.69 Å². The van der Waals surface area contributed by atoms with Gasteiger partial charge in [-0.2, -0.15) is 9.44 Å². The number of fused-ring (bicyclic) bond motifs is 1. The number of nitrogens with zero attached hydrogens (tertiary/aromatic N) is 2. The summed E-state index contributed by atoms with van der Waals surface area (Å²) >= 11 is 7.54. The third-order valence-corrected chi connectivity index (χ3v) is 8.77. The molecule has 0 bridgehead atoms. The summed E-state index contributed by atoms with van der Waals surface area (Å²) in [4.78, 5) is 42.3. The average molecular weight is 604 g/mol. The number of carbonyl (C=O) groups is 3. The van der Waals surface area contributed by atoms with Crippen molar-refractivity contribution in [3.8, 4) is 0 Å². The van der Waals surface area contributed by atoms with Gasteiger partial charge in [0.2, 0.25) is 0 Å². The molecule has 41 heavy (non-hydrogen) atoms. The monoisotopic (exact) mass is 603 g/mol. The highest BCUT2D eigenvalue weighted by molar-refractivity contribution is 7.13. The summed E-state index contributed by atoms with van der Waals surface area (Å²) in [5.74, 6) is -2.51. The topological polar surface area (TPSA) is 118 Å². The summed E-state index contributed by atoms with van der Waals surface area (Å²) in [7, 11) is 0. The molecular weight excluding hydrogens is 573 g/mol. The molecule has 2 heterocycles. The number of nitrogens with one attached hydrogen (secondary N) is 1. The molecule has 2 fully saturated rings. The van der Waals surface area contributed by atoms with Gasteiger partial charge in [-0.25, -0.2) is 4.39 Å². The zero-order valence-corrected chi connectivity index (χ0v) is 23.9. The van der Waals surface area contributed by atoms with Crippen LogP contribution in [0.15, 0.2) is 36.4 Å². The Balaban J connectivity index is 1.10. The Morgan fingerprint density at radius 2 is 1.93 bits per heavy atom. The van der Waals surface area contributed by atoms with Crippen molar-refractivity contribution in [1.82, 2.24) is 9.44 Å². The van der Waals surface area contributed by atoms with Crippen molar-refractivity contribution in [2.24, 2.45) is 5.92 Å². The maximum Gasteiger partial charge on any atom is 0.306 e. The molecule has 0 spiro atoms. The van der Waals surface area contributed by atoms with Crippen LogP contribution < -0.4 is 5.32 Å². The highest BCUT2D eigenvalue weighted by Gasteiger charge is 2.30. The second-order valence-electron chi connectivity index (χ2n) is 10.5. The number of hydrogen-bond donors (Lipinski definition) is 2. The molecule has 5 rings (SSSR count). The van der Waals surface area contributed by atoms with E-state index < -0.39 is 17.7 Å². The number of halogens is 2. The predicted molar refractivity (Wildman–Crippen MR) is 153 cm³/mol. The maximum absolute atomic E-state index is 14.9. The predicted octanol–water partition coefficient (Wildman–Crippen LogP) is 5.51. The van der Waals surface area contributed by atoms with Gasteiger partial charge in [0, 0.05) is 18.4 Å². The number of benzene rings is 2. The summed E-state index contributed by atoms with van der Waals surface area (Å²) in [5.41, 5.74) is 0.434. The van der Waals surface area contributed by atoms with Gasteiger partial charge in [0.15, 0.2) is 5.78 Å². The van der Waals surface area contributed by atoms with Gasteiger partial charge in [0.1, 0.15) is 18.1 Å². The van der Waals surface area contributed by atoms with E-state index in [0.29, 0.717) is 31.4 Å². The Morgan fingerprint density at radius 1 is 1.15 bits per heavy atom. The van der Waals surface area contributed by atoms with Crippen LogP contribution in [0.5, 0.6) is 0 Å². The maximum atomic E-state index is 14.9. The van der Waals surface area contributed by atoms with E-state index in [1.807, 2.05) is 18.2 Å². The fraction of sp³-hybridized carbons (Fsp3) is 0.448. The molecular formula is C29H31ClFN3O6S. The van der Waals surface area contributed by atoms with Gasteiger partial charge in [-0.1, -0.05) is 29.8 Å². The Hall–Kier alpha value is -2.96. The van der Waals surface area contributed by atoms with Crippen molar-refractivity contribution in [2.75, 3.05) is 25.1 Å². The van der Waals surface area contributed by atoms with E-state index in [-0.39, 0.29) is 58.8 Å². The minimum absolute atomic E-state index is 0.00362. The Morgan fingerprint density at radius 3 is 2.71 bits per heavy atom. The van der Waals surface area contributed by atoms with Crippen LogP contribution in [0.2, 0.25) is 5.02 Å². The number of carboxylic acid groups (broad SMARTS) is 1. The van der Waals surface area contributed by atoms with Gasteiger partial charge in [0.25, 0.3) is 5.91 Å². The average Bonchev–Trinajstić information content (AvgIpc) is 3.60. The Kier molecular flexibility index (Phi) is 9.61. The van der Waals surface area contributed by atoms with Crippen molar-refractivity contribution < 1.29 is 33.5 Å². The number of hydrogen-bond acceptors (Lipinski definition) is 8. The molecule has 1 atom stereocenters.